The van der Waals surface area contributed by atoms with Gasteiger partial charge >= 0.3 is 6.09 Å². The third-order valence-corrected chi connectivity index (χ3v) is 10.4. The van der Waals surface area contributed by atoms with Crippen LogP contribution in [0.3, 0.4) is 0 Å². The Kier molecular flexibility index (Phi) is 9.28. The molecule has 5 rings (SSSR count). The minimum Gasteiger partial charge on any atom is -0.497 e. The van der Waals surface area contributed by atoms with Crippen LogP contribution in [0.15, 0.2) is 12.1 Å². The number of methoxy groups -OCH3 is 1. The van der Waals surface area contributed by atoms with E-state index in [-0.39, 0.29) is 23.6 Å². The highest BCUT2D eigenvalue weighted by Gasteiger charge is 2.55. The zero-order valence-corrected chi connectivity index (χ0v) is 25.4. The molecule has 7 nitrogen and oxygen atoms in total. The molecule has 0 N–H and O–H groups in total. The summed E-state index contributed by atoms with van der Waals surface area (Å²) in [5.41, 5.74) is 2.45. The number of aryl methyl sites for hydroxylation is 2. The monoisotopic (exact) mass is 553 g/mol. The van der Waals surface area contributed by atoms with Crippen LogP contribution in [0.2, 0.25) is 0 Å². The van der Waals surface area contributed by atoms with E-state index in [2.05, 4.69) is 16.7 Å². The highest BCUT2D eigenvalue weighted by molar-refractivity contribution is 5.97. The van der Waals surface area contributed by atoms with E-state index in [4.69, 9.17) is 9.47 Å². The molecule has 2 amide bonds. The van der Waals surface area contributed by atoms with Gasteiger partial charge in [-0.1, -0.05) is 39.0 Å². The minimum absolute atomic E-state index is 0.0592. The molecule has 1 aromatic carbocycles. The zero-order valence-electron chi connectivity index (χ0n) is 25.4. The molecule has 0 aromatic heterocycles. The lowest BCUT2D eigenvalue weighted by molar-refractivity contribution is -0.0385. The molecule has 3 saturated heterocycles. The Morgan fingerprint density at radius 1 is 1.00 bits per heavy atom. The molecule has 40 heavy (non-hydrogen) atoms. The van der Waals surface area contributed by atoms with Crippen LogP contribution in [0.1, 0.15) is 105 Å². The Labute approximate surface area is 241 Å². The summed E-state index contributed by atoms with van der Waals surface area (Å²) < 4.78 is 11.7. The maximum absolute atomic E-state index is 13.4. The summed E-state index contributed by atoms with van der Waals surface area (Å²) in [6.45, 7) is 10.7. The van der Waals surface area contributed by atoms with Crippen LogP contribution in [0.25, 0.3) is 0 Å². The van der Waals surface area contributed by atoms with Gasteiger partial charge in [-0.25, -0.2) is 4.79 Å². The molecule has 1 aliphatic carbocycles. The van der Waals surface area contributed by atoms with Crippen LogP contribution in [0, 0.1) is 19.8 Å². The van der Waals surface area contributed by atoms with E-state index in [1.807, 2.05) is 30.9 Å². The molecule has 222 valence electrons. The van der Waals surface area contributed by atoms with Crippen LogP contribution < -0.4 is 4.74 Å². The Hall–Kier alpha value is -2.28. The Balaban J connectivity index is 1.18. The van der Waals surface area contributed by atoms with Crippen LogP contribution in [0.4, 0.5) is 4.79 Å². The van der Waals surface area contributed by atoms with Gasteiger partial charge in [-0.3, -0.25) is 9.69 Å². The molecule has 4 aliphatic rings. The number of unbranched alkanes of at least 4 members (excludes halogenated alkanes) is 1. The number of likely N-dealkylation sites (tertiary alicyclic amines) is 2. The molecule has 1 unspecified atom stereocenters. The fourth-order valence-corrected chi connectivity index (χ4v) is 8.05. The second-order valence-corrected chi connectivity index (χ2v) is 12.9. The molecule has 3 aliphatic heterocycles. The number of piperidine rings is 2. The fourth-order valence-electron chi connectivity index (χ4n) is 8.05. The maximum atomic E-state index is 13.4. The van der Waals surface area contributed by atoms with E-state index in [0.717, 1.165) is 100 Å². The fraction of sp³-hybridized carbons (Fsp3) is 0.758. The van der Waals surface area contributed by atoms with Gasteiger partial charge in [0.25, 0.3) is 5.91 Å². The number of nitrogens with zero attached hydrogens (tertiary/aromatic N) is 3. The average Bonchev–Trinajstić information content (AvgIpc) is 3.21. The summed E-state index contributed by atoms with van der Waals surface area (Å²) in [4.78, 5) is 33.5. The molecule has 1 atom stereocenters. The number of hydrogen-bond acceptors (Lipinski definition) is 5. The topological polar surface area (TPSA) is 62.3 Å². The van der Waals surface area contributed by atoms with Crippen LogP contribution >= 0.6 is 0 Å². The number of ether oxygens (including phenoxy) is 2. The predicted molar refractivity (Wildman–Crippen MR) is 158 cm³/mol. The summed E-state index contributed by atoms with van der Waals surface area (Å²) in [7, 11) is 1.67. The van der Waals surface area contributed by atoms with Crippen molar-refractivity contribution in [2.24, 2.45) is 5.92 Å². The Bertz CT molecular complexity index is 1010. The smallest absolute Gasteiger partial charge is 0.410 e. The molecule has 3 heterocycles. The number of hydrogen-bond donors (Lipinski definition) is 0. The predicted octanol–water partition coefficient (Wildman–Crippen LogP) is 6.34. The molecular weight excluding hydrogens is 502 g/mol. The highest BCUT2D eigenvalue weighted by Crippen LogP contribution is 2.43. The van der Waals surface area contributed by atoms with Gasteiger partial charge in [0.15, 0.2) is 0 Å². The summed E-state index contributed by atoms with van der Waals surface area (Å²) in [5, 5.41) is 0. The molecule has 0 radical (unpaired) electrons. The van der Waals surface area contributed by atoms with Gasteiger partial charge in [0.05, 0.1) is 13.2 Å². The first-order valence-electron chi connectivity index (χ1n) is 16.0. The van der Waals surface area contributed by atoms with Gasteiger partial charge in [0, 0.05) is 57.2 Å². The normalized spacial score (nSPS) is 24.5. The van der Waals surface area contributed by atoms with Crippen molar-refractivity contribution in [3.63, 3.8) is 0 Å². The lowest BCUT2D eigenvalue weighted by atomic mass is 9.80. The molecule has 1 aromatic rings. The number of benzene rings is 1. The summed E-state index contributed by atoms with van der Waals surface area (Å²) in [6.07, 6.45) is 13.6. The van der Waals surface area contributed by atoms with E-state index in [1.165, 1.54) is 32.1 Å². The first-order chi connectivity index (χ1) is 19.3. The van der Waals surface area contributed by atoms with Crippen molar-refractivity contribution in [2.45, 2.75) is 116 Å². The first kappa shape index (κ1) is 29.2. The van der Waals surface area contributed by atoms with Crippen molar-refractivity contribution in [3.05, 3.63) is 28.8 Å². The third kappa shape index (κ3) is 6.00. The minimum atomic E-state index is -0.322. The second-order valence-electron chi connectivity index (χ2n) is 12.9. The van der Waals surface area contributed by atoms with E-state index >= 15 is 0 Å². The molecular formula is C33H51N3O4. The van der Waals surface area contributed by atoms with Crippen molar-refractivity contribution in [3.8, 4) is 5.75 Å². The third-order valence-electron chi connectivity index (χ3n) is 10.4. The molecule has 1 saturated carbocycles. The highest BCUT2D eigenvalue weighted by atomic mass is 16.6. The standard InChI is InChI=1S/C33H51N3O4/c1-5-6-12-29-33(40-32(38)36(29)23-26-10-8-7-9-11-26)15-19-34(20-16-33)27-13-17-35(18-14-27)31(37)30-24(2)21-28(39-4)22-25(30)3/h21-22,26-27,29H,5-20,23H2,1-4H3. The van der Waals surface area contributed by atoms with Crippen LogP contribution in [-0.4, -0.2) is 84.2 Å². The average molecular weight is 554 g/mol. The van der Waals surface area contributed by atoms with Gasteiger partial charge in [-0.05, 0) is 75.1 Å². The molecule has 0 bridgehead atoms. The largest absolute Gasteiger partial charge is 0.497 e. The van der Waals surface area contributed by atoms with Crippen molar-refractivity contribution in [1.82, 2.24) is 14.7 Å². The van der Waals surface area contributed by atoms with Crippen molar-refractivity contribution < 1.29 is 19.1 Å². The van der Waals surface area contributed by atoms with Gasteiger partial charge in [-0.15, -0.1) is 0 Å². The van der Waals surface area contributed by atoms with Crippen LogP contribution in [0.5, 0.6) is 5.75 Å². The summed E-state index contributed by atoms with van der Waals surface area (Å²) in [6, 6.07) is 4.62. The Morgan fingerprint density at radius 3 is 2.25 bits per heavy atom. The van der Waals surface area contributed by atoms with E-state index in [1.54, 1.807) is 7.11 Å². The van der Waals surface area contributed by atoms with E-state index < -0.39 is 0 Å². The summed E-state index contributed by atoms with van der Waals surface area (Å²) in [5.74, 6) is 1.58. The second kappa shape index (κ2) is 12.7. The van der Waals surface area contributed by atoms with Crippen molar-refractivity contribution in [2.75, 3.05) is 39.8 Å². The van der Waals surface area contributed by atoms with Gasteiger partial charge < -0.3 is 19.3 Å². The maximum Gasteiger partial charge on any atom is 0.410 e. The number of carbonyl (C=O) groups is 2. The van der Waals surface area contributed by atoms with Crippen molar-refractivity contribution in [1.29, 1.82) is 0 Å². The Morgan fingerprint density at radius 2 is 1.65 bits per heavy atom. The molecule has 1 spiro atoms. The van der Waals surface area contributed by atoms with E-state index in [9.17, 15) is 9.59 Å². The van der Waals surface area contributed by atoms with E-state index in [0.29, 0.717) is 12.0 Å². The number of amides is 2. The van der Waals surface area contributed by atoms with Crippen LogP contribution in [-0.2, 0) is 4.74 Å². The SMILES string of the molecule is CCCCC1N(CC2CCCCC2)C(=O)OC12CCN(C1CCN(C(=O)c3c(C)cc(OC)cc3C)CC1)CC2. The quantitative estimate of drug-likeness (QED) is 0.376. The lowest BCUT2D eigenvalue weighted by Gasteiger charge is -2.46. The van der Waals surface area contributed by atoms with Gasteiger partial charge in [-0.2, -0.15) is 0 Å². The van der Waals surface area contributed by atoms with Gasteiger partial charge in [0.1, 0.15) is 11.4 Å². The van der Waals surface area contributed by atoms with Gasteiger partial charge in [0.2, 0.25) is 0 Å². The number of carbonyl (C=O) groups excluding carboxylic acids is 2. The zero-order chi connectivity index (χ0) is 28.3. The molecule has 7 heteroatoms. The molecule has 4 fully saturated rings. The lowest BCUT2D eigenvalue weighted by Crippen LogP contribution is -2.56. The van der Waals surface area contributed by atoms with Crippen molar-refractivity contribution >= 4 is 12.0 Å². The number of rotatable bonds is 8. The first-order valence-corrected chi connectivity index (χ1v) is 16.0. The summed E-state index contributed by atoms with van der Waals surface area (Å²) >= 11 is 0.